The first kappa shape index (κ1) is 40.1. The minimum atomic E-state index is -0.203. The standard InChI is InChI=1S/C47H52ClN5O4/c1-30(2)42-11-6-17-53(42)18-7-19-55-43-12-5-8-37(31(43)3)38-9-4-10-40-39(38)14-15-44(40)57-46-24-45(56-29-34-21-32(25-49)20-33(22-34)26-50)35(23-41(46)48)27-51-36-13-16-47(54)52-28-36/h4-5,8-10,12,20-24,30,36,42,44,51H,6-7,11,13-19,27-29H2,1-3H3,(H,52,54)/t36-,42?,44-/m0/s1. The molecule has 10 heteroatoms. The Morgan fingerprint density at radius 3 is 2.47 bits per heavy atom. The monoisotopic (exact) mass is 785 g/mol. The van der Waals surface area contributed by atoms with E-state index in [0.717, 1.165) is 54.7 Å². The number of halogens is 1. The molecule has 0 aromatic heterocycles. The van der Waals surface area contributed by atoms with E-state index < -0.39 is 0 Å². The van der Waals surface area contributed by atoms with Gasteiger partial charge in [-0.15, -0.1) is 0 Å². The summed E-state index contributed by atoms with van der Waals surface area (Å²) in [7, 11) is 0. The maximum absolute atomic E-state index is 11.7. The Morgan fingerprint density at radius 2 is 1.72 bits per heavy atom. The van der Waals surface area contributed by atoms with E-state index in [1.54, 1.807) is 18.2 Å². The summed E-state index contributed by atoms with van der Waals surface area (Å²) in [5.74, 6) is 2.79. The number of amides is 1. The van der Waals surface area contributed by atoms with Gasteiger partial charge in [-0.05, 0) is 122 Å². The molecule has 1 unspecified atom stereocenters. The summed E-state index contributed by atoms with van der Waals surface area (Å²) in [5.41, 5.74) is 8.27. The van der Waals surface area contributed by atoms with Crippen LogP contribution in [-0.4, -0.2) is 49.1 Å². The van der Waals surface area contributed by atoms with Crippen molar-refractivity contribution >= 4 is 17.5 Å². The van der Waals surface area contributed by atoms with Crippen LogP contribution in [0.2, 0.25) is 5.02 Å². The van der Waals surface area contributed by atoms with Crippen LogP contribution in [0, 0.1) is 35.5 Å². The molecule has 9 nitrogen and oxygen atoms in total. The van der Waals surface area contributed by atoms with Crippen LogP contribution in [-0.2, 0) is 24.4 Å². The highest BCUT2D eigenvalue weighted by Crippen LogP contribution is 2.44. The lowest BCUT2D eigenvalue weighted by molar-refractivity contribution is -0.122. The molecular weight excluding hydrogens is 734 g/mol. The number of nitrogens with zero attached hydrogens (tertiary/aromatic N) is 3. The fourth-order valence-electron chi connectivity index (χ4n) is 8.71. The minimum absolute atomic E-state index is 0.0645. The van der Waals surface area contributed by atoms with Gasteiger partial charge in [0.2, 0.25) is 5.91 Å². The molecule has 4 aromatic rings. The van der Waals surface area contributed by atoms with Crippen molar-refractivity contribution in [2.45, 2.75) is 97.1 Å². The average Bonchev–Trinajstić information content (AvgIpc) is 3.87. The fraction of sp³-hybridized carbons (Fsp3) is 0.426. The van der Waals surface area contributed by atoms with E-state index in [9.17, 15) is 15.3 Å². The highest BCUT2D eigenvalue weighted by atomic mass is 35.5. The van der Waals surface area contributed by atoms with Gasteiger partial charge >= 0.3 is 0 Å². The number of likely N-dealkylation sites (tertiary alicyclic amines) is 1. The largest absolute Gasteiger partial charge is 0.493 e. The summed E-state index contributed by atoms with van der Waals surface area (Å²) in [6, 6.07) is 26.6. The predicted molar refractivity (Wildman–Crippen MR) is 222 cm³/mol. The molecule has 3 aliphatic rings. The quantitative estimate of drug-likeness (QED) is 0.115. The Balaban J connectivity index is 1.08. The lowest BCUT2D eigenvalue weighted by atomic mass is 9.93. The first-order valence-electron chi connectivity index (χ1n) is 20.4. The zero-order chi connectivity index (χ0) is 39.9. The molecule has 2 heterocycles. The van der Waals surface area contributed by atoms with Crippen LogP contribution in [0.15, 0.2) is 66.7 Å². The molecule has 2 N–H and O–H groups in total. The lowest BCUT2D eigenvalue weighted by Gasteiger charge is -2.27. The Hall–Kier alpha value is -5.06. The van der Waals surface area contributed by atoms with Crippen LogP contribution in [0.25, 0.3) is 11.1 Å². The number of fused-ring (bicyclic) bond motifs is 1. The number of hydrogen-bond donors (Lipinski definition) is 2. The summed E-state index contributed by atoms with van der Waals surface area (Å²) in [6.45, 7) is 10.9. The van der Waals surface area contributed by atoms with Crippen LogP contribution in [0.1, 0.15) is 97.4 Å². The highest BCUT2D eigenvalue weighted by Gasteiger charge is 2.29. The third-order valence-corrected chi connectivity index (χ3v) is 12.0. The molecule has 1 aliphatic carbocycles. The molecule has 3 atom stereocenters. The molecule has 2 fully saturated rings. The second-order valence-electron chi connectivity index (χ2n) is 15.9. The maximum atomic E-state index is 11.7. The predicted octanol–water partition coefficient (Wildman–Crippen LogP) is 8.96. The molecule has 0 bridgehead atoms. The van der Waals surface area contributed by atoms with Crippen molar-refractivity contribution in [2.75, 3.05) is 26.2 Å². The van der Waals surface area contributed by atoms with Crippen molar-refractivity contribution in [2.24, 2.45) is 5.92 Å². The van der Waals surface area contributed by atoms with E-state index in [0.29, 0.717) is 71.3 Å². The van der Waals surface area contributed by atoms with Gasteiger partial charge in [0.1, 0.15) is 30.0 Å². The van der Waals surface area contributed by atoms with Gasteiger partial charge in [0.05, 0.1) is 34.9 Å². The molecule has 0 saturated carbocycles. The van der Waals surface area contributed by atoms with Crippen molar-refractivity contribution in [3.8, 4) is 40.5 Å². The summed E-state index contributed by atoms with van der Waals surface area (Å²) in [4.78, 5) is 14.4. The van der Waals surface area contributed by atoms with Crippen LogP contribution in [0.5, 0.6) is 17.2 Å². The van der Waals surface area contributed by atoms with Crippen LogP contribution < -0.4 is 24.8 Å². The molecule has 2 aliphatic heterocycles. The van der Waals surface area contributed by atoms with Gasteiger partial charge in [-0.2, -0.15) is 10.5 Å². The zero-order valence-electron chi connectivity index (χ0n) is 33.2. The maximum Gasteiger partial charge on any atom is 0.220 e. The second kappa shape index (κ2) is 18.5. The summed E-state index contributed by atoms with van der Waals surface area (Å²) < 4.78 is 19.6. The molecule has 2 saturated heterocycles. The van der Waals surface area contributed by atoms with Crippen molar-refractivity contribution in [3.05, 3.63) is 111 Å². The Morgan fingerprint density at radius 1 is 0.930 bits per heavy atom. The number of piperidine rings is 1. The van der Waals surface area contributed by atoms with Crippen molar-refractivity contribution in [3.63, 3.8) is 0 Å². The van der Waals surface area contributed by atoms with Gasteiger partial charge < -0.3 is 29.7 Å². The number of hydrogen-bond acceptors (Lipinski definition) is 8. The minimum Gasteiger partial charge on any atom is -0.493 e. The van der Waals surface area contributed by atoms with Gasteiger partial charge in [0.25, 0.3) is 0 Å². The van der Waals surface area contributed by atoms with E-state index in [1.165, 1.54) is 36.1 Å². The van der Waals surface area contributed by atoms with Gasteiger partial charge in [0, 0.05) is 49.8 Å². The van der Waals surface area contributed by atoms with Crippen molar-refractivity contribution < 1.29 is 19.0 Å². The number of ether oxygens (including phenoxy) is 3. The van der Waals surface area contributed by atoms with E-state index in [2.05, 4.69) is 84.8 Å². The number of benzene rings is 4. The van der Waals surface area contributed by atoms with Crippen molar-refractivity contribution in [1.29, 1.82) is 10.5 Å². The molecule has 0 spiro atoms. The van der Waals surface area contributed by atoms with E-state index in [-0.39, 0.29) is 24.7 Å². The first-order valence-corrected chi connectivity index (χ1v) is 20.7. The number of carbonyl (C=O) groups is 1. The second-order valence-corrected chi connectivity index (χ2v) is 16.3. The number of rotatable bonds is 15. The van der Waals surface area contributed by atoms with E-state index in [4.69, 9.17) is 25.8 Å². The van der Waals surface area contributed by atoms with Crippen molar-refractivity contribution in [1.82, 2.24) is 15.5 Å². The van der Waals surface area contributed by atoms with E-state index >= 15 is 0 Å². The number of nitrogens with one attached hydrogen (secondary N) is 2. The van der Waals surface area contributed by atoms with Crippen LogP contribution in [0.3, 0.4) is 0 Å². The topological polar surface area (TPSA) is 120 Å². The zero-order valence-corrected chi connectivity index (χ0v) is 34.0. The fourth-order valence-corrected chi connectivity index (χ4v) is 8.94. The molecule has 296 valence electrons. The number of carbonyl (C=O) groups excluding carboxylic acids is 1. The SMILES string of the molecule is Cc1c(OCCCN2CCCC2C(C)C)cccc1-c1cccc2c1CC[C@@H]2Oc1cc(OCc2cc(C#N)cc(C#N)c2)c(CN[C@H]2CCC(=O)NC2)cc1Cl. The normalized spacial score (nSPS) is 19.1. The van der Waals surface area contributed by atoms with Gasteiger partial charge in [-0.3, -0.25) is 4.79 Å². The smallest absolute Gasteiger partial charge is 0.220 e. The molecule has 7 rings (SSSR count). The summed E-state index contributed by atoms with van der Waals surface area (Å²) in [6.07, 6.45) is 6.29. The highest BCUT2D eigenvalue weighted by molar-refractivity contribution is 6.32. The van der Waals surface area contributed by atoms with Gasteiger partial charge in [-0.25, -0.2) is 0 Å². The number of nitriles is 2. The molecular formula is C47H52ClN5O4. The van der Waals surface area contributed by atoms with Crippen LogP contribution >= 0.6 is 11.6 Å². The van der Waals surface area contributed by atoms with Gasteiger partial charge in [-0.1, -0.05) is 55.8 Å². The third-order valence-electron chi connectivity index (χ3n) is 11.7. The lowest BCUT2D eigenvalue weighted by Crippen LogP contribution is -2.45. The molecule has 57 heavy (non-hydrogen) atoms. The Kier molecular flexibility index (Phi) is 13.0. The van der Waals surface area contributed by atoms with E-state index in [1.807, 2.05) is 12.1 Å². The first-order chi connectivity index (χ1) is 27.7. The molecule has 4 aromatic carbocycles. The van der Waals surface area contributed by atoms with Gasteiger partial charge in [0.15, 0.2) is 0 Å². The average molecular weight is 786 g/mol. The summed E-state index contributed by atoms with van der Waals surface area (Å²) in [5, 5.41) is 26.0. The Bertz CT molecular complexity index is 2130. The summed E-state index contributed by atoms with van der Waals surface area (Å²) >= 11 is 6.97. The third kappa shape index (κ3) is 9.57. The molecule has 0 radical (unpaired) electrons. The molecule has 1 amide bonds. The van der Waals surface area contributed by atoms with Crippen LogP contribution in [0.4, 0.5) is 0 Å². The Labute approximate surface area is 341 Å².